The molecule has 7 nitrogen and oxygen atoms in total. The molecule has 3 rings (SSSR count). The van der Waals surface area contributed by atoms with Gasteiger partial charge in [-0.2, -0.15) is 0 Å². The molecule has 1 atom stereocenters. The number of nitrogens with one attached hydrogen (secondary N) is 2. The first-order valence-corrected chi connectivity index (χ1v) is 12.0. The van der Waals surface area contributed by atoms with Crippen LogP contribution in [0.15, 0.2) is 83.8 Å². The second-order valence-corrected chi connectivity index (χ2v) is 9.35. The molecule has 0 saturated heterocycles. The van der Waals surface area contributed by atoms with E-state index in [-0.39, 0.29) is 28.6 Å². The Morgan fingerprint density at radius 3 is 2.09 bits per heavy atom. The Bertz CT molecular complexity index is 1220. The number of amides is 1. The van der Waals surface area contributed by atoms with Gasteiger partial charge in [-0.1, -0.05) is 72.3 Å². The predicted molar refractivity (Wildman–Crippen MR) is 125 cm³/mol. The minimum absolute atomic E-state index is 0.0396. The van der Waals surface area contributed by atoms with Crippen molar-refractivity contribution < 1.29 is 22.7 Å². The van der Waals surface area contributed by atoms with Gasteiger partial charge in [0.1, 0.15) is 4.90 Å². The minimum atomic E-state index is -4.00. The van der Waals surface area contributed by atoms with Crippen LogP contribution in [0.4, 0.5) is 0 Å². The fraction of sp³-hybridized carbons (Fsp3) is 0.167. The predicted octanol–water partition coefficient (Wildman–Crippen LogP) is 3.68. The second kappa shape index (κ2) is 11.1. The average Bonchev–Trinajstić information content (AvgIpc) is 2.82. The zero-order valence-corrected chi connectivity index (χ0v) is 19.4. The highest BCUT2D eigenvalue weighted by Crippen LogP contribution is 2.23. The van der Waals surface area contributed by atoms with Crippen LogP contribution in [0.25, 0.3) is 0 Å². The molecule has 0 spiro atoms. The lowest BCUT2D eigenvalue weighted by Gasteiger charge is -2.14. The highest BCUT2D eigenvalue weighted by Gasteiger charge is 2.23. The molecule has 33 heavy (non-hydrogen) atoms. The Kier molecular flexibility index (Phi) is 8.21. The van der Waals surface area contributed by atoms with Gasteiger partial charge in [-0.15, -0.1) is 0 Å². The lowest BCUT2D eigenvalue weighted by atomic mass is 10.2. The summed E-state index contributed by atoms with van der Waals surface area (Å²) >= 11 is 6.09. The summed E-state index contributed by atoms with van der Waals surface area (Å²) in [6.07, 6.45) is -1.08. The third-order valence-electron chi connectivity index (χ3n) is 4.73. The van der Waals surface area contributed by atoms with E-state index >= 15 is 0 Å². The van der Waals surface area contributed by atoms with Gasteiger partial charge in [0.25, 0.3) is 5.91 Å². The van der Waals surface area contributed by atoms with Crippen LogP contribution in [0.1, 0.15) is 28.4 Å². The van der Waals surface area contributed by atoms with Crippen molar-refractivity contribution in [3.05, 3.63) is 101 Å². The standard InChI is InChI=1S/C24H23ClN2O5S/c1-17(23(28)26-15-18-8-4-2-5-9-18)32-24(29)20-12-13-21(25)22(14-20)33(30,31)27-16-19-10-6-3-7-11-19/h2-14,17,27H,15-16H2,1H3,(H,26,28). The lowest BCUT2D eigenvalue weighted by molar-refractivity contribution is -0.129. The summed E-state index contributed by atoms with van der Waals surface area (Å²) in [5.41, 5.74) is 1.63. The highest BCUT2D eigenvalue weighted by atomic mass is 35.5. The van der Waals surface area contributed by atoms with E-state index in [1.807, 2.05) is 36.4 Å². The number of hydrogen-bond donors (Lipinski definition) is 2. The quantitative estimate of drug-likeness (QED) is 0.449. The number of hydrogen-bond acceptors (Lipinski definition) is 5. The molecule has 0 bridgehead atoms. The number of carbonyl (C=O) groups excluding carboxylic acids is 2. The largest absolute Gasteiger partial charge is 0.449 e. The molecule has 0 aromatic heterocycles. The molecule has 0 aliphatic carbocycles. The van der Waals surface area contributed by atoms with Gasteiger partial charge in [-0.25, -0.2) is 17.9 Å². The number of rotatable bonds is 9. The van der Waals surface area contributed by atoms with E-state index in [0.29, 0.717) is 0 Å². The topological polar surface area (TPSA) is 102 Å². The van der Waals surface area contributed by atoms with E-state index in [4.69, 9.17) is 16.3 Å². The van der Waals surface area contributed by atoms with Crippen molar-refractivity contribution in [1.82, 2.24) is 10.0 Å². The summed E-state index contributed by atoms with van der Waals surface area (Å²) in [6.45, 7) is 1.79. The molecular formula is C24H23ClN2O5S. The number of carbonyl (C=O) groups is 2. The maximum atomic E-state index is 12.7. The van der Waals surface area contributed by atoms with Crippen LogP contribution in [0.3, 0.4) is 0 Å². The lowest BCUT2D eigenvalue weighted by Crippen LogP contribution is -2.35. The van der Waals surface area contributed by atoms with E-state index in [0.717, 1.165) is 17.2 Å². The molecule has 0 heterocycles. The molecule has 0 fully saturated rings. The maximum absolute atomic E-state index is 12.7. The summed E-state index contributed by atoms with van der Waals surface area (Å²) < 4.78 is 33.2. The van der Waals surface area contributed by atoms with Crippen molar-refractivity contribution in [1.29, 1.82) is 0 Å². The number of ether oxygens (including phenoxy) is 1. The monoisotopic (exact) mass is 486 g/mol. The highest BCUT2D eigenvalue weighted by molar-refractivity contribution is 7.89. The average molecular weight is 487 g/mol. The molecule has 3 aromatic rings. The van der Waals surface area contributed by atoms with E-state index in [1.165, 1.54) is 19.1 Å². The third-order valence-corrected chi connectivity index (χ3v) is 6.61. The first-order chi connectivity index (χ1) is 15.8. The smallest absolute Gasteiger partial charge is 0.338 e. The van der Waals surface area contributed by atoms with E-state index in [2.05, 4.69) is 10.0 Å². The molecule has 2 N–H and O–H groups in total. The molecule has 3 aromatic carbocycles. The summed E-state index contributed by atoms with van der Waals surface area (Å²) in [5.74, 6) is -1.31. The SMILES string of the molecule is CC(OC(=O)c1ccc(Cl)c(S(=O)(=O)NCc2ccccc2)c1)C(=O)NCc1ccccc1. The molecule has 1 amide bonds. The Morgan fingerprint density at radius 1 is 0.909 bits per heavy atom. The minimum Gasteiger partial charge on any atom is -0.449 e. The molecule has 0 radical (unpaired) electrons. The molecule has 9 heteroatoms. The van der Waals surface area contributed by atoms with Crippen molar-refractivity contribution in [2.45, 2.75) is 31.0 Å². The fourth-order valence-electron chi connectivity index (χ4n) is 2.90. The summed E-state index contributed by atoms with van der Waals surface area (Å²) in [6, 6.07) is 22.0. The normalized spacial score (nSPS) is 12.1. The Balaban J connectivity index is 1.64. The van der Waals surface area contributed by atoms with E-state index < -0.39 is 28.0 Å². The van der Waals surface area contributed by atoms with Crippen LogP contribution in [0.2, 0.25) is 5.02 Å². The van der Waals surface area contributed by atoms with Crippen molar-refractivity contribution in [3.63, 3.8) is 0 Å². The van der Waals surface area contributed by atoms with Crippen LogP contribution in [0, 0.1) is 0 Å². The maximum Gasteiger partial charge on any atom is 0.338 e. The van der Waals surface area contributed by atoms with Gasteiger partial charge in [0.05, 0.1) is 10.6 Å². The van der Waals surface area contributed by atoms with Gasteiger partial charge in [0, 0.05) is 13.1 Å². The Morgan fingerprint density at radius 2 is 1.48 bits per heavy atom. The van der Waals surface area contributed by atoms with Crippen LogP contribution >= 0.6 is 11.6 Å². The summed E-state index contributed by atoms with van der Waals surface area (Å²) in [5, 5.41) is 2.65. The summed E-state index contributed by atoms with van der Waals surface area (Å²) in [4.78, 5) is 24.6. The fourth-order valence-corrected chi connectivity index (χ4v) is 4.44. The van der Waals surface area contributed by atoms with Crippen molar-refractivity contribution in [3.8, 4) is 0 Å². The van der Waals surface area contributed by atoms with Crippen LogP contribution in [-0.4, -0.2) is 26.4 Å². The first-order valence-electron chi connectivity index (χ1n) is 10.1. The van der Waals surface area contributed by atoms with Gasteiger partial charge in [-0.05, 0) is 36.2 Å². The molecule has 0 saturated carbocycles. The summed E-state index contributed by atoms with van der Waals surface area (Å²) in [7, 11) is -4.00. The molecule has 0 aliphatic rings. The second-order valence-electron chi connectivity index (χ2n) is 7.21. The molecular weight excluding hydrogens is 464 g/mol. The van der Waals surface area contributed by atoms with E-state index in [9.17, 15) is 18.0 Å². The zero-order chi connectivity index (χ0) is 23.8. The molecule has 0 aliphatic heterocycles. The van der Waals surface area contributed by atoms with Gasteiger partial charge in [0.15, 0.2) is 6.10 Å². The first kappa shape index (κ1) is 24.4. The molecule has 172 valence electrons. The van der Waals surface area contributed by atoms with Crippen molar-refractivity contribution >= 4 is 33.5 Å². The van der Waals surface area contributed by atoms with Crippen LogP contribution in [-0.2, 0) is 32.6 Å². The third kappa shape index (κ3) is 6.89. The Hall–Kier alpha value is -3.20. The van der Waals surface area contributed by atoms with Crippen molar-refractivity contribution in [2.75, 3.05) is 0 Å². The van der Waals surface area contributed by atoms with Gasteiger partial charge >= 0.3 is 5.97 Å². The Labute approximate surface area is 197 Å². The van der Waals surface area contributed by atoms with Crippen molar-refractivity contribution in [2.24, 2.45) is 0 Å². The molecule has 1 unspecified atom stereocenters. The van der Waals surface area contributed by atoms with Gasteiger partial charge in [0.2, 0.25) is 10.0 Å². The van der Waals surface area contributed by atoms with Crippen LogP contribution < -0.4 is 10.0 Å². The number of halogens is 1. The van der Waals surface area contributed by atoms with Gasteiger partial charge in [-0.3, -0.25) is 4.79 Å². The zero-order valence-electron chi connectivity index (χ0n) is 17.8. The van der Waals surface area contributed by atoms with Gasteiger partial charge < -0.3 is 10.1 Å². The van der Waals surface area contributed by atoms with E-state index in [1.54, 1.807) is 24.3 Å². The number of esters is 1. The number of benzene rings is 3. The number of sulfonamides is 1. The van der Waals surface area contributed by atoms with Crippen LogP contribution in [0.5, 0.6) is 0 Å².